The summed E-state index contributed by atoms with van der Waals surface area (Å²) in [7, 11) is 0. The maximum Gasteiger partial charge on any atom is 0.327 e. The smallest absolute Gasteiger partial charge is 0.327 e. The molecule has 0 unspecified atom stereocenters. The summed E-state index contributed by atoms with van der Waals surface area (Å²) in [6.07, 6.45) is 12.2. The van der Waals surface area contributed by atoms with Crippen LogP contribution in [0.2, 0.25) is 0 Å². The van der Waals surface area contributed by atoms with E-state index in [1.807, 2.05) is 6.92 Å². The molecular formula is C26H50N2O4. The fourth-order valence-corrected chi connectivity index (χ4v) is 4.34. The molecule has 6 heteroatoms. The number of urea groups is 1. The summed E-state index contributed by atoms with van der Waals surface area (Å²) >= 11 is 0. The molecule has 1 aliphatic heterocycles. The van der Waals surface area contributed by atoms with Crippen molar-refractivity contribution in [3.8, 4) is 0 Å². The highest BCUT2D eigenvalue weighted by Crippen LogP contribution is 2.30. The lowest BCUT2D eigenvalue weighted by Gasteiger charge is -2.27. The SMILES string of the molecule is CCN1CC(=O)N(CCC(C)(C)CCCCOCCCCC(C)(C)CCCCCO)C1=O. The third-order valence-corrected chi connectivity index (χ3v) is 6.82. The standard InChI is InChI=1S/C26H50N2O4/c1-6-27-22-23(30)28(24(27)31)18-17-26(4,5)16-10-13-21-32-20-12-9-15-25(2,3)14-8-7-11-19-29/h29H,6-22H2,1-5H3. The third-order valence-electron chi connectivity index (χ3n) is 6.82. The summed E-state index contributed by atoms with van der Waals surface area (Å²) < 4.78 is 5.84. The first-order valence-corrected chi connectivity index (χ1v) is 12.9. The monoisotopic (exact) mass is 454 g/mol. The Kier molecular flexibility index (Phi) is 13.4. The van der Waals surface area contributed by atoms with Crippen LogP contribution in [0, 0.1) is 10.8 Å². The van der Waals surface area contributed by atoms with E-state index in [1.54, 1.807) is 4.90 Å². The first-order chi connectivity index (χ1) is 15.1. The molecule has 0 aliphatic carbocycles. The first-order valence-electron chi connectivity index (χ1n) is 12.9. The van der Waals surface area contributed by atoms with Gasteiger partial charge in [-0.2, -0.15) is 0 Å². The van der Waals surface area contributed by atoms with E-state index in [9.17, 15) is 9.59 Å². The van der Waals surface area contributed by atoms with Gasteiger partial charge in [0.25, 0.3) is 0 Å². The van der Waals surface area contributed by atoms with Crippen LogP contribution in [0.15, 0.2) is 0 Å². The molecule has 0 spiro atoms. The quantitative estimate of drug-likeness (QED) is 0.203. The van der Waals surface area contributed by atoms with Crippen molar-refractivity contribution in [3.05, 3.63) is 0 Å². The van der Waals surface area contributed by atoms with Crippen LogP contribution in [0.5, 0.6) is 0 Å². The van der Waals surface area contributed by atoms with Crippen LogP contribution in [0.3, 0.4) is 0 Å². The van der Waals surface area contributed by atoms with Crippen LogP contribution in [-0.4, -0.2) is 66.3 Å². The van der Waals surface area contributed by atoms with Crippen LogP contribution < -0.4 is 0 Å². The number of carbonyl (C=O) groups is 2. The molecule has 0 aromatic rings. The molecular weight excluding hydrogens is 404 g/mol. The van der Waals surface area contributed by atoms with Gasteiger partial charge in [0.1, 0.15) is 6.54 Å². The molecule has 0 radical (unpaired) electrons. The minimum absolute atomic E-state index is 0.0638. The largest absolute Gasteiger partial charge is 0.396 e. The molecule has 1 N–H and O–H groups in total. The number of hydrogen-bond donors (Lipinski definition) is 1. The Hall–Kier alpha value is -1.14. The Morgan fingerprint density at radius 1 is 0.812 bits per heavy atom. The number of likely N-dealkylation sites (N-methyl/N-ethyl adjacent to an activating group) is 1. The van der Waals surface area contributed by atoms with Crippen molar-refractivity contribution >= 4 is 11.9 Å². The average molecular weight is 455 g/mol. The number of unbranched alkanes of at least 4 members (excludes halogenated alkanes) is 4. The topological polar surface area (TPSA) is 70.1 Å². The van der Waals surface area contributed by atoms with Gasteiger partial charge in [0.05, 0.1) is 0 Å². The Labute approximate surface area is 197 Å². The maximum absolute atomic E-state index is 12.2. The zero-order valence-electron chi connectivity index (χ0n) is 21.6. The van der Waals surface area contributed by atoms with Gasteiger partial charge in [-0.05, 0) is 62.7 Å². The molecule has 188 valence electrons. The lowest BCUT2D eigenvalue weighted by atomic mass is 9.82. The van der Waals surface area contributed by atoms with Crippen LogP contribution in [0.25, 0.3) is 0 Å². The fraction of sp³-hybridized carbons (Fsp3) is 0.923. The van der Waals surface area contributed by atoms with E-state index in [0.29, 0.717) is 25.1 Å². The normalized spacial score (nSPS) is 15.3. The number of ether oxygens (including phenoxy) is 1. The minimum atomic E-state index is -0.133. The van der Waals surface area contributed by atoms with E-state index in [1.165, 1.54) is 30.6 Å². The van der Waals surface area contributed by atoms with E-state index < -0.39 is 0 Å². The Morgan fingerprint density at radius 3 is 1.84 bits per heavy atom. The summed E-state index contributed by atoms with van der Waals surface area (Å²) in [4.78, 5) is 27.3. The number of aliphatic hydroxyl groups is 1. The van der Waals surface area contributed by atoms with Gasteiger partial charge in [-0.1, -0.05) is 53.4 Å². The van der Waals surface area contributed by atoms with Crippen LogP contribution in [0.1, 0.15) is 105 Å². The van der Waals surface area contributed by atoms with Gasteiger partial charge < -0.3 is 14.7 Å². The van der Waals surface area contributed by atoms with Gasteiger partial charge in [0.15, 0.2) is 0 Å². The molecule has 0 atom stereocenters. The summed E-state index contributed by atoms with van der Waals surface area (Å²) in [5, 5.41) is 8.87. The molecule has 0 aromatic heterocycles. The van der Waals surface area contributed by atoms with Crippen molar-refractivity contribution in [1.82, 2.24) is 9.80 Å². The van der Waals surface area contributed by atoms with Crippen LogP contribution in [0.4, 0.5) is 4.79 Å². The summed E-state index contributed by atoms with van der Waals surface area (Å²) in [6, 6.07) is -0.133. The molecule has 0 saturated carbocycles. The second kappa shape index (κ2) is 14.9. The third kappa shape index (κ3) is 11.6. The number of rotatable bonds is 19. The number of hydrogen-bond acceptors (Lipinski definition) is 4. The highest BCUT2D eigenvalue weighted by atomic mass is 16.5. The number of nitrogens with zero attached hydrogens (tertiary/aromatic N) is 2. The molecule has 1 heterocycles. The molecule has 1 fully saturated rings. The fourth-order valence-electron chi connectivity index (χ4n) is 4.34. The van der Waals surface area contributed by atoms with E-state index in [4.69, 9.17) is 9.84 Å². The molecule has 1 rings (SSSR count). The molecule has 1 aliphatic rings. The molecule has 6 nitrogen and oxygen atoms in total. The summed E-state index contributed by atoms with van der Waals surface area (Å²) in [6.45, 7) is 14.4. The van der Waals surface area contributed by atoms with Crippen molar-refractivity contribution in [3.63, 3.8) is 0 Å². The Balaban J connectivity index is 2.05. The van der Waals surface area contributed by atoms with Crippen molar-refractivity contribution in [2.75, 3.05) is 39.5 Å². The van der Waals surface area contributed by atoms with Gasteiger partial charge >= 0.3 is 6.03 Å². The highest BCUT2D eigenvalue weighted by molar-refractivity contribution is 6.01. The lowest BCUT2D eigenvalue weighted by molar-refractivity contribution is -0.125. The lowest BCUT2D eigenvalue weighted by Crippen LogP contribution is -2.35. The number of carbonyl (C=O) groups excluding carboxylic acids is 2. The van der Waals surface area contributed by atoms with E-state index in [2.05, 4.69) is 27.7 Å². The average Bonchev–Trinajstić information content (AvgIpc) is 3.01. The van der Waals surface area contributed by atoms with E-state index in [0.717, 1.165) is 58.2 Å². The number of amides is 3. The van der Waals surface area contributed by atoms with Crippen molar-refractivity contribution in [2.24, 2.45) is 10.8 Å². The second-order valence-electron chi connectivity index (χ2n) is 11.0. The minimum Gasteiger partial charge on any atom is -0.396 e. The van der Waals surface area contributed by atoms with Gasteiger partial charge in [-0.15, -0.1) is 0 Å². The molecule has 1 saturated heterocycles. The predicted molar refractivity (Wildman–Crippen MR) is 131 cm³/mol. The van der Waals surface area contributed by atoms with Gasteiger partial charge in [0, 0.05) is 32.9 Å². The van der Waals surface area contributed by atoms with Gasteiger partial charge in [-0.25, -0.2) is 4.79 Å². The van der Waals surface area contributed by atoms with E-state index >= 15 is 0 Å². The van der Waals surface area contributed by atoms with Crippen LogP contribution >= 0.6 is 0 Å². The van der Waals surface area contributed by atoms with Crippen molar-refractivity contribution < 1.29 is 19.4 Å². The van der Waals surface area contributed by atoms with Crippen molar-refractivity contribution in [1.29, 1.82) is 0 Å². The van der Waals surface area contributed by atoms with Crippen molar-refractivity contribution in [2.45, 2.75) is 105 Å². The highest BCUT2D eigenvalue weighted by Gasteiger charge is 2.35. The van der Waals surface area contributed by atoms with Gasteiger partial charge in [0.2, 0.25) is 5.91 Å². The Bertz CT molecular complexity index is 548. The zero-order chi connectivity index (χ0) is 24.0. The van der Waals surface area contributed by atoms with E-state index in [-0.39, 0.29) is 23.9 Å². The van der Waals surface area contributed by atoms with Crippen LogP contribution in [-0.2, 0) is 9.53 Å². The Morgan fingerprint density at radius 2 is 1.34 bits per heavy atom. The number of aliphatic hydroxyl groups excluding tert-OH is 1. The predicted octanol–water partition coefficient (Wildman–Crippen LogP) is 5.62. The first kappa shape index (κ1) is 28.9. The molecule has 0 bridgehead atoms. The second-order valence-corrected chi connectivity index (χ2v) is 11.0. The summed E-state index contributed by atoms with van der Waals surface area (Å²) in [5.41, 5.74) is 0.503. The molecule has 3 amide bonds. The zero-order valence-corrected chi connectivity index (χ0v) is 21.6. The summed E-state index contributed by atoms with van der Waals surface area (Å²) in [5.74, 6) is -0.0638. The maximum atomic E-state index is 12.2. The number of imide groups is 1. The molecule has 32 heavy (non-hydrogen) atoms. The van der Waals surface area contributed by atoms with Gasteiger partial charge in [-0.3, -0.25) is 9.69 Å². The molecule has 0 aromatic carbocycles.